The predicted molar refractivity (Wildman–Crippen MR) is 83.1 cm³/mol. The summed E-state index contributed by atoms with van der Waals surface area (Å²) in [5, 5.41) is 8.93. The Labute approximate surface area is 130 Å². The van der Waals surface area contributed by atoms with E-state index < -0.39 is 17.5 Å². The van der Waals surface area contributed by atoms with Crippen molar-refractivity contribution in [2.24, 2.45) is 10.9 Å². The van der Waals surface area contributed by atoms with Gasteiger partial charge in [0.05, 0.1) is 18.2 Å². The van der Waals surface area contributed by atoms with Crippen molar-refractivity contribution in [2.45, 2.75) is 32.8 Å². The molecule has 0 aromatic rings. The zero-order chi connectivity index (χ0) is 16.3. The molecule has 2 aliphatic rings. The van der Waals surface area contributed by atoms with Crippen molar-refractivity contribution in [3.63, 3.8) is 0 Å². The van der Waals surface area contributed by atoms with E-state index in [0.29, 0.717) is 19.5 Å². The highest BCUT2D eigenvalue weighted by Crippen LogP contribution is 2.19. The molecule has 0 aromatic carbocycles. The molecule has 1 amide bonds. The molecule has 0 saturated carbocycles. The maximum atomic E-state index is 12.0. The molecular formula is C16H22N2O4. The fourth-order valence-corrected chi connectivity index (χ4v) is 2.28. The van der Waals surface area contributed by atoms with Crippen LogP contribution in [0.3, 0.4) is 0 Å². The summed E-state index contributed by atoms with van der Waals surface area (Å²) in [6, 6.07) is 0. The van der Waals surface area contributed by atoms with Crippen LogP contribution >= 0.6 is 0 Å². The minimum Gasteiger partial charge on any atom is -0.481 e. The smallest absolute Gasteiger partial charge is 0.410 e. The van der Waals surface area contributed by atoms with Gasteiger partial charge in [0.2, 0.25) is 0 Å². The second-order valence-corrected chi connectivity index (χ2v) is 6.44. The summed E-state index contributed by atoms with van der Waals surface area (Å²) in [6.45, 7) is 6.87. The van der Waals surface area contributed by atoms with E-state index >= 15 is 0 Å². The standard InChI is InChI=1S/C16H22N2O4/c1-16(2,3)22-15(21)18-8-6-11(7-9-18)13-5-4-12(10-17-13)14(19)20/h4-6,12H,7-10H2,1-3H3,(H,19,20)/t12-/m1/s1. The van der Waals surface area contributed by atoms with Gasteiger partial charge in [0.15, 0.2) is 0 Å². The number of ether oxygens (including phenoxy) is 1. The van der Waals surface area contributed by atoms with Crippen molar-refractivity contribution in [2.75, 3.05) is 19.6 Å². The lowest BCUT2D eigenvalue weighted by molar-refractivity contribution is -0.139. The van der Waals surface area contributed by atoms with E-state index in [2.05, 4.69) is 4.99 Å². The van der Waals surface area contributed by atoms with E-state index in [9.17, 15) is 9.59 Å². The maximum Gasteiger partial charge on any atom is 0.410 e. The number of dihydropyridines is 1. The van der Waals surface area contributed by atoms with Crippen LogP contribution < -0.4 is 0 Å². The van der Waals surface area contributed by atoms with Crippen molar-refractivity contribution < 1.29 is 19.4 Å². The van der Waals surface area contributed by atoms with E-state index in [4.69, 9.17) is 9.84 Å². The normalized spacial score (nSPS) is 22.0. The fraction of sp³-hybridized carbons (Fsp3) is 0.562. The lowest BCUT2D eigenvalue weighted by Gasteiger charge is -2.29. The first-order valence-electron chi connectivity index (χ1n) is 7.39. The minimum absolute atomic E-state index is 0.272. The average Bonchev–Trinajstić information content (AvgIpc) is 2.46. The molecule has 1 N–H and O–H groups in total. The molecule has 0 radical (unpaired) electrons. The Balaban J connectivity index is 1.94. The van der Waals surface area contributed by atoms with Gasteiger partial charge in [-0.1, -0.05) is 12.2 Å². The molecule has 0 bridgehead atoms. The molecule has 0 spiro atoms. The van der Waals surface area contributed by atoms with Crippen LogP contribution in [0.15, 0.2) is 28.8 Å². The Bertz CT molecular complexity index is 555. The van der Waals surface area contributed by atoms with Gasteiger partial charge in [-0.2, -0.15) is 0 Å². The highest BCUT2D eigenvalue weighted by molar-refractivity contribution is 6.09. The Kier molecular flexibility index (Phi) is 4.68. The summed E-state index contributed by atoms with van der Waals surface area (Å²) in [7, 11) is 0. The topological polar surface area (TPSA) is 79.2 Å². The third-order valence-electron chi connectivity index (χ3n) is 3.45. The Morgan fingerprint density at radius 1 is 1.41 bits per heavy atom. The largest absolute Gasteiger partial charge is 0.481 e. The van der Waals surface area contributed by atoms with Crippen molar-refractivity contribution in [3.8, 4) is 0 Å². The van der Waals surface area contributed by atoms with Gasteiger partial charge in [-0.25, -0.2) is 4.79 Å². The minimum atomic E-state index is -0.854. The number of aliphatic carboxylic acids is 1. The summed E-state index contributed by atoms with van der Waals surface area (Å²) in [4.78, 5) is 28.8. The van der Waals surface area contributed by atoms with Gasteiger partial charge >= 0.3 is 12.1 Å². The zero-order valence-corrected chi connectivity index (χ0v) is 13.2. The van der Waals surface area contributed by atoms with Crippen LogP contribution in [0.5, 0.6) is 0 Å². The van der Waals surface area contributed by atoms with Crippen LogP contribution in [-0.2, 0) is 9.53 Å². The van der Waals surface area contributed by atoms with E-state index in [1.807, 2.05) is 26.8 Å². The SMILES string of the molecule is CC(C)(C)OC(=O)N1CC=C(C2=NC[C@H](C(=O)O)C=C2)CC1. The first kappa shape index (κ1) is 16.3. The van der Waals surface area contributed by atoms with Crippen molar-refractivity contribution in [1.82, 2.24) is 4.90 Å². The molecule has 0 unspecified atom stereocenters. The number of hydrogen-bond acceptors (Lipinski definition) is 4. The molecule has 0 fully saturated rings. The maximum absolute atomic E-state index is 12.0. The first-order chi connectivity index (χ1) is 10.3. The number of carboxylic acids is 1. The number of carbonyl (C=O) groups excluding carboxylic acids is 1. The van der Waals surface area contributed by atoms with Crippen LogP contribution in [0, 0.1) is 5.92 Å². The number of carboxylic acid groups (broad SMARTS) is 1. The highest BCUT2D eigenvalue weighted by atomic mass is 16.6. The van der Waals surface area contributed by atoms with E-state index in [-0.39, 0.29) is 12.6 Å². The second-order valence-electron chi connectivity index (χ2n) is 6.44. The molecule has 6 heteroatoms. The molecule has 2 aliphatic heterocycles. The van der Waals surface area contributed by atoms with Crippen LogP contribution in [0.1, 0.15) is 27.2 Å². The molecule has 1 atom stereocenters. The molecular weight excluding hydrogens is 284 g/mol. The number of hydrogen-bond donors (Lipinski definition) is 1. The van der Waals surface area contributed by atoms with Crippen molar-refractivity contribution in [3.05, 3.63) is 23.8 Å². The third kappa shape index (κ3) is 4.19. The number of carbonyl (C=O) groups is 2. The number of aliphatic imine (C=N–C) groups is 1. The van der Waals surface area contributed by atoms with Gasteiger partial charge in [0, 0.05) is 13.1 Å². The first-order valence-corrected chi connectivity index (χ1v) is 7.39. The molecule has 0 aliphatic carbocycles. The van der Waals surface area contributed by atoms with E-state index in [1.54, 1.807) is 17.1 Å². The fourth-order valence-electron chi connectivity index (χ4n) is 2.28. The molecule has 0 aromatic heterocycles. The van der Waals surface area contributed by atoms with Crippen LogP contribution in [0.25, 0.3) is 0 Å². The summed E-state index contributed by atoms with van der Waals surface area (Å²) < 4.78 is 5.35. The van der Waals surface area contributed by atoms with E-state index in [0.717, 1.165) is 11.3 Å². The monoisotopic (exact) mass is 306 g/mol. The molecule has 120 valence electrons. The molecule has 6 nitrogen and oxygen atoms in total. The summed E-state index contributed by atoms with van der Waals surface area (Å²) >= 11 is 0. The van der Waals surface area contributed by atoms with E-state index in [1.165, 1.54) is 0 Å². The van der Waals surface area contributed by atoms with Gasteiger partial charge in [-0.3, -0.25) is 9.79 Å². The predicted octanol–water partition coefficient (Wildman–Crippen LogP) is 2.27. The van der Waals surface area contributed by atoms with Gasteiger partial charge in [0.25, 0.3) is 0 Å². The molecule has 0 saturated heterocycles. The lowest BCUT2D eigenvalue weighted by atomic mass is 9.98. The Morgan fingerprint density at radius 3 is 2.59 bits per heavy atom. The number of rotatable bonds is 2. The third-order valence-corrected chi connectivity index (χ3v) is 3.45. The number of allylic oxidation sites excluding steroid dienone is 1. The van der Waals surface area contributed by atoms with Crippen molar-refractivity contribution >= 4 is 17.8 Å². The second kappa shape index (κ2) is 6.34. The lowest BCUT2D eigenvalue weighted by Crippen LogP contribution is -2.39. The van der Waals surface area contributed by atoms with Crippen LogP contribution in [0.2, 0.25) is 0 Å². The van der Waals surface area contributed by atoms with Crippen LogP contribution in [-0.4, -0.2) is 53.0 Å². The summed E-state index contributed by atoms with van der Waals surface area (Å²) in [5.41, 5.74) is 1.38. The number of amides is 1. The van der Waals surface area contributed by atoms with Gasteiger partial charge in [0.1, 0.15) is 5.60 Å². The van der Waals surface area contributed by atoms with Gasteiger partial charge in [-0.05, 0) is 38.8 Å². The Hall–Kier alpha value is -2.11. The average molecular weight is 306 g/mol. The van der Waals surface area contributed by atoms with Crippen molar-refractivity contribution in [1.29, 1.82) is 0 Å². The summed E-state index contributed by atoms with van der Waals surface area (Å²) in [6.07, 6.45) is 5.77. The molecule has 2 heterocycles. The van der Waals surface area contributed by atoms with Gasteiger partial charge < -0.3 is 14.7 Å². The van der Waals surface area contributed by atoms with Crippen LogP contribution in [0.4, 0.5) is 4.79 Å². The molecule has 22 heavy (non-hydrogen) atoms. The summed E-state index contributed by atoms with van der Waals surface area (Å²) in [5.74, 6) is -1.39. The Morgan fingerprint density at radius 2 is 2.14 bits per heavy atom. The number of nitrogens with zero attached hydrogens (tertiary/aromatic N) is 2. The molecule has 2 rings (SSSR count). The zero-order valence-electron chi connectivity index (χ0n) is 13.2. The quantitative estimate of drug-likeness (QED) is 0.848. The van der Waals surface area contributed by atoms with Gasteiger partial charge in [-0.15, -0.1) is 0 Å². The highest BCUT2D eigenvalue weighted by Gasteiger charge is 2.25.